The van der Waals surface area contributed by atoms with E-state index in [0.717, 1.165) is 33.5 Å². The lowest BCUT2D eigenvalue weighted by molar-refractivity contribution is 0.0644. The van der Waals surface area contributed by atoms with Crippen molar-refractivity contribution in [2.45, 2.75) is 6.54 Å². The third-order valence-electron chi connectivity index (χ3n) is 4.30. The second-order valence-electron chi connectivity index (χ2n) is 5.94. The molecular formula is C20H14Cl2N2O3. The van der Waals surface area contributed by atoms with Crippen molar-refractivity contribution in [2.75, 3.05) is 7.11 Å². The molecule has 1 aromatic heterocycles. The van der Waals surface area contributed by atoms with Gasteiger partial charge < -0.3 is 9.57 Å². The fourth-order valence-electron chi connectivity index (χ4n) is 3.10. The van der Waals surface area contributed by atoms with Crippen LogP contribution in [-0.2, 0) is 11.3 Å². The molecule has 5 nitrogen and oxygen atoms in total. The predicted molar refractivity (Wildman–Crippen MR) is 105 cm³/mol. The number of aromatic nitrogens is 1. The van der Waals surface area contributed by atoms with Crippen molar-refractivity contribution in [3.63, 3.8) is 0 Å². The van der Waals surface area contributed by atoms with Crippen LogP contribution in [0.1, 0.15) is 16.7 Å². The Kier molecular flexibility index (Phi) is 4.64. The normalized spacial score (nSPS) is 12.5. The molecule has 0 fully saturated rings. The Balaban J connectivity index is 1.87. The summed E-state index contributed by atoms with van der Waals surface area (Å²) in [5.41, 5.74) is 5.21. The molecule has 0 atom stereocenters. The van der Waals surface area contributed by atoms with Gasteiger partial charge in [0, 0.05) is 38.5 Å². The first-order valence-electron chi connectivity index (χ1n) is 8.13. The molecule has 2 heterocycles. The summed E-state index contributed by atoms with van der Waals surface area (Å²) in [4.78, 5) is 21.3. The third-order valence-corrected chi connectivity index (χ3v) is 4.86. The average molecular weight is 401 g/mol. The van der Waals surface area contributed by atoms with E-state index in [1.807, 2.05) is 42.5 Å². The van der Waals surface area contributed by atoms with Crippen LogP contribution in [-0.4, -0.2) is 23.7 Å². The van der Waals surface area contributed by atoms with Crippen LogP contribution >= 0.6 is 23.2 Å². The van der Waals surface area contributed by atoms with Crippen LogP contribution in [0.25, 0.3) is 11.1 Å². The minimum Gasteiger partial charge on any atom is -0.436 e. The monoisotopic (exact) mass is 400 g/mol. The van der Waals surface area contributed by atoms with Crippen molar-refractivity contribution in [1.82, 2.24) is 4.73 Å². The quantitative estimate of drug-likeness (QED) is 0.568. The topological polar surface area (TPSA) is 52.8 Å². The molecule has 7 heteroatoms. The fraction of sp³-hybridized carbons (Fsp3) is 0.100. The van der Waals surface area contributed by atoms with Crippen LogP contribution in [0.3, 0.4) is 0 Å². The van der Waals surface area contributed by atoms with E-state index < -0.39 is 6.16 Å². The van der Waals surface area contributed by atoms with E-state index in [-0.39, 0.29) is 0 Å². The lowest BCUT2D eigenvalue weighted by Gasteiger charge is -2.12. The molecule has 27 heavy (non-hydrogen) atoms. The van der Waals surface area contributed by atoms with Crippen molar-refractivity contribution in [3.05, 3.63) is 81.6 Å². The van der Waals surface area contributed by atoms with Crippen LogP contribution in [0.15, 0.2) is 59.9 Å². The van der Waals surface area contributed by atoms with Crippen LogP contribution in [0.4, 0.5) is 4.79 Å². The van der Waals surface area contributed by atoms with E-state index in [2.05, 4.69) is 4.74 Å². The van der Waals surface area contributed by atoms with Crippen LogP contribution in [0.5, 0.6) is 0 Å². The van der Waals surface area contributed by atoms with Gasteiger partial charge in [0.2, 0.25) is 0 Å². The Morgan fingerprint density at radius 1 is 1.04 bits per heavy atom. The van der Waals surface area contributed by atoms with E-state index in [4.69, 9.17) is 33.0 Å². The van der Waals surface area contributed by atoms with Crippen LogP contribution in [0.2, 0.25) is 10.0 Å². The second-order valence-corrected chi connectivity index (χ2v) is 6.78. The van der Waals surface area contributed by atoms with Crippen molar-refractivity contribution in [2.24, 2.45) is 4.99 Å². The molecule has 0 spiro atoms. The van der Waals surface area contributed by atoms with Crippen molar-refractivity contribution >= 4 is 35.1 Å². The maximum Gasteiger partial charge on any atom is 0.533 e. The van der Waals surface area contributed by atoms with Gasteiger partial charge in [-0.15, -0.1) is 0 Å². The van der Waals surface area contributed by atoms with Crippen LogP contribution in [0, 0.1) is 0 Å². The van der Waals surface area contributed by atoms with E-state index in [1.165, 1.54) is 11.8 Å². The lowest BCUT2D eigenvalue weighted by atomic mass is 9.94. The minimum absolute atomic E-state index is 0.403. The maximum absolute atomic E-state index is 11.4. The highest BCUT2D eigenvalue weighted by atomic mass is 35.5. The number of benzene rings is 2. The molecule has 1 aliphatic rings. The Bertz CT molecular complexity index is 1070. The standard InChI is InChI=1S/C20H14Cl2N2O3/c1-26-20(25)27-24-10-12-9-23-19(15-4-2-3-5-18(15)22)16-8-13(21)6-7-14(16)17(12)11-24/h2-8,10-11H,9H2,1H3. The van der Waals surface area contributed by atoms with Crippen LogP contribution < -0.4 is 4.84 Å². The fourth-order valence-corrected chi connectivity index (χ4v) is 3.49. The number of halogens is 2. The molecule has 0 amide bonds. The molecule has 3 aromatic rings. The second kappa shape index (κ2) is 7.10. The Morgan fingerprint density at radius 3 is 2.63 bits per heavy atom. The molecule has 4 rings (SSSR count). The zero-order valence-electron chi connectivity index (χ0n) is 14.3. The molecule has 0 saturated heterocycles. The summed E-state index contributed by atoms with van der Waals surface area (Å²) >= 11 is 12.7. The smallest absolute Gasteiger partial charge is 0.436 e. The van der Waals surface area contributed by atoms with E-state index >= 15 is 0 Å². The van der Waals surface area contributed by atoms with Gasteiger partial charge >= 0.3 is 6.16 Å². The molecule has 0 saturated carbocycles. The summed E-state index contributed by atoms with van der Waals surface area (Å²) in [6.07, 6.45) is 2.64. The summed E-state index contributed by atoms with van der Waals surface area (Å²) in [6.45, 7) is 0.403. The zero-order valence-corrected chi connectivity index (χ0v) is 15.8. The van der Waals surface area contributed by atoms with Crippen molar-refractivity contribution in [3.8, 4) is 11.1 Å². The zero-order chi connectivity index (χ0) is 19.0. The molecule has 0 aliphatic carbocycles. The summed E-state index contributed by atoms with van der Waals surface area (Å²) in [6, 6.07) is 13.2. The first-order chi connectivity index (χ1) is 13.1. The molecule has 0 unspecified atom stereocenters. The van der Waals surface area contributed by atoms with Gasteiger partial charge in [0.25, 0.3) is 0 Å². The number of rotatable bonds is 2. The van der Waals surface area contributed by atoms with E-state index in [0.29, 0.717) is 16.6 Å². The number of hydrogen-bond acceptors (Lipinski definition) is 4. The van der Waals surface area contributed by atoms with Gasteiger partial charge in [0.05, 0.1) is 25.6 Å². The van der Waals surface area contributed by atoms with E-state index in [9.17, 15) is 4.79 Å². The number of nitrogens with zero attached hydrogens (tertiary/aromatic N) is 2. The highest BCUT2D eigenvalue weighted by molar-refractivity contribution is 6.36. The molecule has 0 radical (unpaired) electrons. The minimum atomic E-state index is -0.795. The number of carbonyl (C=O) groups excluding carboxylic acids is 1. The Labute approximate surface area is 165 Å². The third kappa shape index (κ3) is 3.31. The van der Waals surface area contributed by atoms with Crippen molar-refractivity contribution in [1.29, 1.82) is 0 Å². The Hall–Kier alpha value is -2.76. The number of ether oxygens (including phenoxy) is 1. The number of fused-ring (bicyclic) bond motifs is 3. The molecule has 0 N–H and O–H groups in total. The maximum atomic E-state index is 11.4. The summed E-state index contributed by atoms with van der Waals surface area (Å²) in [7, 11) is 1.26. The molecule has 2 aromatic carbocycles. The summed E-state index contributed by atoms with van der Waals surface area (Å²) < 4.78 is 5.87. The van der Waals surface area contributed by atoms with Gasteiger partial charge in [0.15, 0.2) is 0 Å². The van der Waals surface area contributed by atoms with Gasteiger partial charge in [-0.1, -0.05) is 47.5 Å². The molecule has 136 valence electrons. The first kappa shape index (κ1) is 17.6. The SMILES string of the molecule is COC(=O)On1cc2c(c1)-c1ccc(Cl)cc1C(c1ccccc1Cl)=NC2. The number of hydrogen-bond donors (Lipinski definition) is 0. The number of aliphatic imine (C=N–C) groups is 1. The Morgan fingerprint density at radius 2 is 1.85 bits per heavy atom. The largest absolute Gasteiger partial charge is 0.533 e. The van der Waals surface area contributed by atoms with Gasteiger partial charge in [-0.25, -0.2) is 4.79 Å². The molecular weight excluding hydrogens is 387 g/mol. The van der Waals surface area contributed by atoms with Gasteiger partial charge in [0.1, 0.15) is 0 Å². The highest BCUT2D eigenvalue weighted by Gasteiger charge is 2.22. The number of methoxy groups -OCH3 is 1. The predicted octanol–water partition coefficient (Wildman–Crippen LogP) is 5.01. The highest BCUT2D eigenvalue weighted by Crippen LogP contribution is 2.35. The summed E-state index contributed by atoms with van der Waals surface area (Å²) in [5.74, 6) is 0. The number of carbonyl (C=O) groups is 1. The summed E-state index contributed by atoms with van der Waals surface area (Å²) in [5, 5.41) is 1.22. The average Bonchev–Trinajstić information content (AvgIpc) is 2.99. The molecule has 0 bridgehead atoms. The van der Waals surface area contributed by atoms with E-state index in [1.54, 1.807) is 12.4 Å². The van der Waals surface area contributed by atoms with Crippen molar-refractivity contribution < 1.29 is 14.4 Å². The van der Waals surface area contributed by atoms with Gasteiger partial charge in [-0.2, -0.15) is 4.73 Å². The molecule has 1 aliphatic heterocycles. The van der Waals surface area contributed by atoms with Gasteiger partial charge in [-0.05, 0) is 23.8 Å². The first-order valence-corrected chi connectivity index (χ1v) is 8.89. The van der Waals surface area contributed by atoms with Gasteiger partial charge in [-0.3, -0.25) is 4.99 Å². The lowest BCUT2D eigenvalue weighted by Crippen LogP contribution is -2.17.